The molecule has 1 saturated carbocycles. The predicted octanol–water partition coefficient (Wildman–Crippen LogP) is 4.40. The lowest BCUT2D eigenvalue weighted by atomic mass is 9.71. The Morgan fingerprint density at radius 2 is 2.11 bits per heavy atom. The van der Waals surface area contributed by atoms with Crippen LogP contribution in [0.3, 0.4) is 0 Å². The van der Waals surface area contributed by atoms with Gasteiger partial charge in [0.25, 0.3) is 0 Å². The fraction of sp³-hybridized carbons (Fsp3) is 0.556. The van der Waals surface area contributed by atoms with Crippen LogP contribution in [0.25, 0.3) is 0 Å². The maximum absolute atomic E-state index is 3.77. The standard InChI is InChI=1S/C18H25N/c1-13(2)7-8-14-9-10-17-16-6-4-3-5-15(16)12-19-18(17)11-14/h3-7,14,17-19H,8-12H2,1-2H3. The fourth-order valence-electron chi connectivity index (χ4n) is 3.77. The number of allylic oxidation sites excluding steroid dienone is 2. The van der Waals surface area contributed by atoms with Gasteiger partial charge in [0.15, 0.2) is 0 Å². The van der Waals surface area contributed by atoms with Crippen molar-refractivity contribution >= 4 is 0 Å². The summed E-state index contributed by atoms with van der Waals surface area (Å²) in [4.78, 5) is 0. The van der Waals surface area contributed by atoms with E-state index >= 15 is 0 Å². The Kier molecular flexibility index (Phi) is 3.74. The maximum atomic E-state index is 3.77. The zero-order valence-corrected chi connectivity index (χ0v) is 12.2. The van der Waals surface area contributed by atoms with Crippen LogP contribution in [0.2, 0.25) is 0 Å². The van der Waals surface area contributed by atoms with Gasteiger partial charge >= 0.3 is 0 Å². The second-order valence-corrected chi connectivity index (χ2v) is 6.49. The zero-order valence-electron chi connectivity index (χ0n) is 12.2. The van der Waals surface area contributed by atoms with E-state index in [0.717, 1.165) is 18.4 Å². The van der Waals surface area contributed by atoms with E-state index in [1.54, 1.807) is 5.56 Å². The second-order valence-electron chi connectivity index (χ2n) is 6.49. The zero-order chi connectivity index (χ0) is 13.2. The molecule has 3 atom stereocenters. The van der Waals surface area contributed by atoms with E-state index < -0.39 is 0 Å². The second kappa shape index (κ2) is 5.50. The average Bonchev–Trinajstić information content (AvgIpc) is 2.44. The summed E-state index contributed by atoms with van der Waals surface area (Å²) in [5.74, 6) is 1.64. The maximum Gasteiger partial charge on any atom is 0.0211 e. The molecule has 3 rings (SSSR count). The summed E-state index contributed by atoms with van der Waals surface area (Å²) in [5.41, 5.74) is 4.60. The molecule has 19 heavy (non-hydrogen) atoms. The summed E-state index contributed by atoms with van der Waals surface area (Å²) >= 11 is 0. The van der Waals surface area contributed by atoms with E-state index in [1.807, 2.05) is 0 Å². The highest BCUT2D eigenvalue weighted by molar-refractivity contribution is 5.34. The van der Waals surface area contributed by atoms with Crippen LogP contribution in [-0.4, -0.2) is 6.04 Å². The molecule has 1 N–H and O–H groups in total. The molecular weight excluding hydrogens is 230 g/mol. The van der Waals surface area contributed by atoms with Gasteiger partial charge in [-0.1, -0.05) is 35.9 Å². The Morgan fingerprint density at radius 1 is 1.26 bits per heavy atom. The van der Waals surface area contributed by atoms with Crippen LogP contribution < -0.4 is 5.32 Å². The molecule has 0 bridgehead atoms. The highest BCUT2D eigenvalue weighted by Crippen LogP contribution is 2.41. The number of hydrogen-bond donors (Lipinski definition) is 1. The normalized spacial score (nSPS) is 29.3. The minimum atomic E-state index is 0.708. The summed E-state index contributed by atoms with van der Waals surface area (Å²) in [5, 5.41) is 3.77. The van der Waals surface area contributed by atoms with Crippen molar-refractivity contribution in [1.29, 1.82) is 0 Å². The third-order valence-electron chi connectivity index (χ3n) is 4.83. The van der Waals surface area contributed by atoms with E-state index in [0.29, 0.717) is 6.04 Å². The molecule has 1 aliphatic carbocycles. The van der Waals surface area contributed by atoms with Gasteiger partial charge in [-0.05, 0) is 62.5 Å². The number of hydrogen-bond acceptors (Lipinski definition) is 1. The van der Waals surface area contributed by atoms with Crippen LogP contribution in [0.15, 0.2) is 35.9 Å². The molecule has 1 fully saturated rings. The smallest absolute Gasteiger partial charge is 0.0211 e. The first-order chi connectivity index (χ1) is 9.24. The van der Waals surface area contributed by atoms with Gasteiger partial charge in [0.2, 0.25) is 0 Å². The van der Waals surface area contributed by atoms with Gasteiger partial charge in [-0.25, -0.2) is 0 Å². The molecule has 0 radical (unpaired) electrons. The summed E-state index contributed by atoms with van der Waals surface area (Å²) in [6.45, 7) is 5.48. The Labute approximate surface area is 117 Å². The molecule has 1 heteroatoms. The highest BCUT2D eigenvalue weighted by Gasteiger charge is 2.34. The van der Waals surface area contributed by atoms with Crippen molar-refractivity contribution in [2.24, 2.45) is 5.92 Å². The quantitative estimate of drug-likeness (QED) is 0.772. The van der Waals surface area contributed by atoms with Crippen molar-refractivity contribution in [2.75, 3.05) is 0 Å². The Morgan fingerprint density at radius 3 is 2.95 bits per heavy atom. The summed E-state index contributed by atoms with van der Waals surface area (Å²) < 4.78 is 0. The summed E-state index contributed by atoms with van der Waals surface area (Å²) in [6.07, 6.45) is 7.79. The number of rotatable bonds is 2. The van der Waals surface area contributed by atoms with Gasteiger partial charge in [-0.3, -0.25) is 0 Å². The first-order valence-electron chi connectivity index (χ1n) is 7.68. The number of benzene rings is 1. The third-order valence-corrected chi connectivity index (χ3v) is 4.83. The molecule has 0 spiro atoms. The molecule has 1 aliphatic heterocycles. The van der Waals surface area contributed by atoms with E-state index in [1.165, 1.54) is 36.8 Å². The molecule has 1 heterocycles. The van der Waals surface area contributed by atoms with Crippen LogP contribution >= 0.6 is 0 Å². The van der Waals surface area contributed by atoms with Gasteiger partial charge < -0.3 is 5.32 Å². The SMILES string of the molecule is CC(C)=CCC1CCC2c3ccccc3CNC2C1. The Hall–Kier alpha value is -1.08. The fourth-order valence-corrected chi connectivity index (χ4v) is 3.77. The highest BCUT2D eigenvalue weighted by atomic mass is 14.9. The molecule has 0 aromatic heterocycles. The summed E-state index contributed by atoms with van der Waals surface area (Å²) in [6, 6.07) is 9.72. The lowest BCUT2D eigenvalue weighted by Gasteiger charge is -2.41. The van der Waals surface area contributed by atoms with E-state index in [-0.39, 0.29) is 0 Å². The number of nitrogens with one attached hydrogen (secondary N) is 1. The lowest BCUT2D eigenvalue weighted by Crippen LogP contribution is -2.43. The van der Waals surface area contributed by atoms with Crippen LogP contribution in [0.4, 0.5) is 0 Å². The van der Waals surface area contributed by atoms with Crippen LogP contribution in [0, 0.1) is 5.92 Å². The van der Waals surface area contributed by atoms with Crippen molar-refractivity contribution in [3.05, 3.63) is 47.0 Å². The Balaban J connectivity index is 1.71. The molecule has 1 aromatic carbocycles. The first kappa shape index (κ1) is 12.9. The van der Waals surface area contributed by atoms with Crippen molar-refractivity contribution in [3.8, 4) is 0 Å². The third kappa shape index (κ3) is 2.76. The first-order valence-corrected chi connectivity index (χ1v) is 7.68. The lowest BCUT2D eigenvalue weighted by molar-refractivity contribution is 0.240. The van der Waals surface area contributed by atoms with Gasteiger partial charge in [0.1, 0.15) is 0 Å². The van der Waals surface area contributed by atoms with Crippen LogP contribution in [0.5, 0.6) is 0 Å². The Bertz CT molecular complexity index is 470. The van der Waals surface area contributed by atoms with E-state index in [4.69, 9.17) is 0 Å². The molecule has 2 aliphatic rings. The number of fused-ring (bicyclic) bond motifs is 3. The molecule has 1 aromatic rings. The largest absolute Gasteiger partial charge is 0.309 e. The van der Waals surface area contributed by atoms with E-state index in [9.17, 15) is 0 Å². The minimum absolute atomic E-state index is 0.708. The van der Waals surface area contributed by atoms with Gasteiger partial charge in [0.05, 0.1) is 0 Å². The van der Waals surface area contributed by atoms with Crippen molar-refractivity contribution < 1.29 is 0 Å². The van der Waals surface area contributed by atoms with Gasteiger partial charge in [-0.15, -0.1) is 0 Å². The van der Waals surface area contributed by atoms with Crippen molar-refractivity contribution in [3.63, 3.8) is 0 Å². The van der Waals surface area contributed by atoms with Crippen LogP contribution in [0.1, 0.15) is 56.6 Å². The monoisotopic (exact) mass is 255 g/mol. The molecule has 1 nitrogen and oxygen atoms in total. The van der Waals surface area contributed by atoms with Gasteiger partial charge in [0, 0.05) is 12.6 Å². The van der Waals surface area contributed by atoms with Crippen LogP contribution in [-0.2, 0) is 6.54 Å². The molecule has 102 valence electrons. The van der Waals surface area contributed by atoms with Gasteiger partial charge in [-0.2, -0.15) is 0 Å². The minimum Gasteiger partial charge on any atom is -0.309 e. The van der Waals surface area contributed by atoms with Crippen molar-refractivity contribution in [2.45, 2.75) is 58.0 Å². The molecule has 0 saturated heterocycles. The van der Waals surface area contributed by atoms with E-state index in [2.05, 4.69) is 49.5 Å². The average molecular weight is 255 g/mol. The topological polar surface area (TPSA) is 12.0 Å². The molecule has 3 unspecified atom stereocenters. The molecular formula is C18H25N. The predicted molar refractivity (Wildman–Crippen MR) is 81.2 cm³/mol. The summed E-state index contributed by atoms with van der Waals surface area (Å²) in [7, 11) is 0. The van der Waals surface area contributed by atoms with Crippen molar-refractivity contribution in [1.82, 2.24) is 5.32 Å². The molecule has 0 amide bonds.